The van der Waals surface area contributed by atoms with Crippen LogP contribution in [0.5, 0.6) is 5.75 Å². The molecule has 6 nitrogen and oxygen atoms in total. The zero-order valence-corrected chi connectivity index (χ0v) is 12.1. The maximum Gasteiger partial charge on any atom is 0.339 e. The van der Waals surface area contributed by atoms with E-state index in [0.29, 0.717) is 5.56 Å². The molecule has 0 atom stereocenters. The van der Waals surface area contributed by atoms with E-state index in [9.17, 15) is 18.3 Å². The van der Waals surface area contributed by atoms with Crippen molar-refractivity contribution >= 4 is 16.0 Å². The van der Waals surface area contributed by atoms with Crippen molar-refractivity contribution in [3.8, 4) is 5.75 Å². The fourth-order valence-electron chi connectivity index (χ4n) is 2.22. The van der Waals surface area contributed by atoms with Gasteiger partial charge in [0, 0.05) is 13.1 Å². The lowest BCUT2D eigenvalue weighted by atomic mass is 9.94. The van der Waals surface area contributed by atoms with Crippen LogP contribution in [-0.2, 0) is 10.0 Å². The molecule has 7 heteroatoms. The molecule has 0 heterocycles. The van der Waals surface area contributed by atoms with Crippen LogP contribution in [0.4, 0.5) is 0 Å². The first-order chi connectivity index (χ1) is 9.25. The fraction of sp³-hybridized carbons (Fsp3) is 0.462. The monoisotopic (exact) mass is 299 g/mol. The van der Waals surface area contributed by atoms with E-state index in [1.165, 1.54) is 24.3 Å². The van der Waals surface area contributed by atoms with Gasteiger partial charge < -0.3 is 10.2 Å². The Labute approximate surface area is 117 Å². The third kappa shape index (κ3) is 2.38. The Morgan fingerprint density at radius 3 is 2.40 bits per heavy atom. The van der Waals surface area contributed by atoms with Gasteiger partial charge in [-0.3, -0.25) is 0 Å². The Morgan fingerprint density at radius 1 is 1.35 bits per heavy atom. The van der Waals surface area contributed by atoms with Crippen molar-refractivity contribution in [2.75, 3.05) is 7.05 Å². The molecule has 0 aliphatic heterocycles. The molecule has 1 aromatic rings. The van der Waals surface area contributed by atoms with Crippen LogP contribution < -0.4 is 0 Å². The van der Waals surface area contributed by atoms with Crippen molar-refractivity contribution in [1.82, 2.24) is 4.31 Å². The van der Waals surface area contributed by atoms with Gasteiger partial charge in [0.1, 0.15) is 11.3 Å². The standard InChI is InChI=1S/C13H17NO5S/c1-8-6-11(15)10(13(16)17)7-12(8)20(18,19)14(2)9-4-3-5-9/h6-7,9,15H,3-5H2,1-2H3,(H,16,17). The number of sulfonamides is 1. The van der Waals surface area contributed by atoms with Crippen molar-refractivity contribution in [3.63, 3.8) is 0 Å². The van der Waals surface area contributed by atoms with Gasteiger partial charge in [0.15, 0.2) is 0 Å². The quantitative estimate of drug-likeness (QED) is 0.880. The third-order valence-corrected chi connectivity index (χ3v) is 5.82. The minimum atomic E-state index is -3.74. The zero-order chi connectivity index (χ0) is 15.1. The van der Waals surface area contributed by atoms with Crippen molar-refractivity contribution in [3.05, 3.63) is 23.3 Å². The van der Waals surface area contributed by atoms with Gasteiger partial charge in [-0.15, -0.1) is 0 Å². The number of hydrogen-bond donors (Lipinski definition) is 2. The van der Waals surface area contributed by atoms with Crippen LogP contribution in [0.3, 0.4) is 0 Å². The number of rotatable bonds is 4. The molecule has 0 amide bonds. The minimum Gasteiger partial charge on any atom is -0.507 e. The fourth-order valence-corrected chi connectivity index (χ4v) is 3.87. The minimum absolute atomic E-state index is 0.0264. The van der Waals surface area contributed by atoms with Crippen LogP contribution in [0, 0.1) is 6.92 Å². The molecule has 0 bridgehead atoms. The van der Waals surface area contributed by atoms with Gasteiger partial charge in [0.05, 0.1) is 4.90 Å². The molecule has 2 rings (SSSR count). The van der Waals surface area contributed by atoms with E-state index < -0.39 is 27.3 Å². The first-order valence-corrected chi connectivity index (χ1v) is 7.74. The number of carbonyl (C=O) groups is 1. The highest BCUT2D eigenvalue weighted by atomic mass is 32.2. The summed E-state index contributed by atoms with van der Waals surface area (Å²) in [5.41, 5.74) is -0.0742. The van der Waals surface area contributed by atoms with Gasteiger partial charge in [-0.1, -0.05) is 6.42 Å². The molecule has 1 aliphatic carbocycles. The van der Waals surface area contributed by atoms with Gasteiger partial charge in [0.2, 0.25) is 10.0 Å². The number of aryl methyl sites for hydroxylation is 1. The van der Waals surface area contributed by atoms with E-state index in [4.69, 9.17) is 5.11 Å². The second-order valence-electron chi connectivity index (χ2n) is 5.05. The summed E-state index contributed by atoms with van der Waals surface area (Å²) in [6, 6.07) is 2.17. The number of aromatic hydroxyl groups is 1. The van der Waals surface area contributed by atoms with E-state index in [1.807, 2.05) is 0 Å². The number of carboxylic acids is 1. The van der Waals surface area contributed by atoms with E-state index in [-0.39, 0.29) is 10.9 Å². The summed E-state index contributed by atoms with van der Waals surface area (Å²) in [6.45, 7) is 1.53. The van der Waals surface area contributed by atoms with Crippen LogP contribution in [-0.4, -0.2) is 42.0 Å². The molecule has 0 aromatic heterocycles. The summed E-state index contributed by atoms with van der Waals surface area (Å²) in [5.74, 6) is -1.79. The lowest BCUT2D eigenvalue weighted by Crippen LogP contribution is -2.41. The summed E-state index contributed by atoms with van der Waals surface area (Å²) in [5, 5.41) is 18.6. The summed E-state index contributed by atoms with van der Waals surface area (Å²) in [7, 11) is -2.24. The largest absolute Gasteiger partial charge is 0.507 e. The summed E-state index contributed by atoms with van der Waals surface area (Å²) in [6.07, 6.45) is 2.64. The Bertz CT molecular complexity index is 649. The highest BCUT2D eigenvalue weighted by Gasteiger charge is 2.33. The van der Waals surface area contributed by atoms with Gasteiger partial charge in [-0.25, -0.2) is 13.2 Å². The Balaban J connectivity index is 2.50. The van der Waals surface area contributed by atoms with E-state index in [2.05, 4.69) is 0 Å². The number of hydrogen-bond acceptors (Lipinski definition) is 4. The average molecular weight is 299 g/mol. The molecule has 0 unspecified atom stereocenters. The number of nitrogens with zero attached hydrogens (tertiary/aromatic N) is 1. The molecule has 0 saturated heterocycles. The average Bonchev–Trinajstić information content (AvgIpc) is 2.25. The maximum atomic E-state index is 12.5. The summed E-state index contributed by atoms with van der Waals surface area (Å²) in [4.78, 5) is 10.9. The second kappa shape index (κ2) is 5.06. The molecule has 1 saturated carbocycles. The summed E-state index contributed by atoms with van der Waals surface area (Å²) >= 11 is 0. The Hall–Kier alpha value is -1.60. The molecule has 110 valence electrons. The molecule has 0 radical (unpaired) electrons. The predicted molar refractivity (Wildman–Crippen MR) is 72.4 cm³/mol. The number of carboxylic acid groups (broad SMARTS) is 1. The van der Waals surface area contributed by atoms with Crippen molar-refractivity contribution < 1.29 is 23.4 Å². The normalized spacial score (nSPS) is 16.1. The number of aromatic carboxylic acids is 1. The molecular formula is C13H17NO5S. The van der Waals surface area contributed by atoms with Gasteiger partial charge in [-0.05, 0) is 37.5 Å². The SMILES string of the molecule is Cc1cc(O)c(C(=O)O)cc1S(=O)(=O)N(C)C1CCC1. The first-order valence-electron chi connectivity index (χ1n) is 6.30. The highest BCUT2D eigenvalue weighted by Crippen LogP contribution is 2.32. The molecular weight excluding hydrogens is 282 g/mol. The lowest BCUT2D eigenvalue weighted by Gasteiger charge is -2.34. The smallest absolute Gasteiger partial charge is 0.339 e. The Morgan fingerprint density at radius 2 is 1.95 bits per heavy atom. The highest BCUT2D eigenvalue weighted by molar-refractivity contribution is 7.89. The van der Waals surface area contributed by atoms with Crippen molar-refractivity contribution in [2.24, 2.45) is 0 Å². The molecule has 0 spiro atoms. The number of benzene rings is 1. The van der Waals surface area contributed by atoms with Crippen LogP contribution in [0.15, 0.2) is 17.0 Å². The molecule has 2 N–H and O–H groups in total. The van der Waals surface area contributed by atoms with Crippen LogP contribution in [0.1, 0.15) is 35.2 Å². The Kier molecular flexibility index (Phi) is 3.75. The van der Waals surface area contributed by atoms with Crippen LogP contribution >= 0.6 is 0 Å². The van der Waals surface area contributed by atoms with E-state index >= 15 is 0 Å². The van der Waals surface area contributed by atoms with E-state index in [0.717, 1.165) is 25.3 Å². The number of phenols is 1. The second-order valence-corrected chi connectivity index (χ2v) is 7.01. The van der Waals surface area contributed by atoms with Gasteiger partial charge in [0.25, 0.3) is 0 Å². The summed E-state index contributed by atoms with van der Waals surface area (Å²) < 4.78 is 26.3. The lowest BCUT2D eigenvalue weighted by molar-refractivity contribution is 0.0693. The first kappa shape index (κ1) is 14.8. The van der Waals surface area contributed by atoms with Crippen molar-refractivity contribution in [1.29, 1.82) is 0 Å². The predicted octanol–water partition coefficient (Wildman–Crippen LogP) is 1.57. The molecule has 1 aliphatic rings. The molecule has 1 aromatic carbocycles. The van der Waals surface area contributed by atoms with Crippen LogP contribution in [0.2, 0.25) is 0 Å². The van der Waals surface area contributed by atoms with E-state index in [1.54, 1.807) is 0 Å². The topological polar surface area (TPSA) is 94.9 Å². The third-order valence-electron chi connectivity index (χ3n) is 3.77. The molecule has 1 fully saturated rings. The van der Waals surface area contributed by atoms with Crippen LogP contribution in [0.25, 0.3) is 0 Å². The van der Waals surface area contributed by atoms with Crippen molar-refractivity contribution in [2.45, 2.75) is 37.1 Å². The van der Waals surface area contributed by atoms with Gasteiger partial charge in [-0.2, -0.15) is 4.31 Å². The molecule has 20 heavy (non-hydrogen) atoms. The maximum absolute atomic E-state index is 12.5. The zero-order valence-electron chi connectivity index (χ0n) is 11.3. The van der Waals surface area contributed by atoms with Gasteiger partial charge >= 0.3 is 5.97 Å².